The van der Waals surface area contributed by atoms with E-state index in [-0.39, 0.29) is 11.3 Å². The van der Waals surface area contributed by atoms with Crippen LogP contribution in [0.4, 0.5) is 24.8 Å². The van der Waals surface area contributed by atoms with Crippen molar-refractivity contribution >= 4 is 22.5 Å². The van der Waals surface area contributed by atoms with Gasteiger partial charge in [-0.15, -0.1) is 0 Å². The van der Waals surface area contributed by atoms with Gasteiger partial charge in [-0.3, -0.25) is 0 Å². The molecule has 0 amide bonds. The minimum Gasteiger partial charge on any atom is -0.324 e. The van der Waals surface area contributed by atoms with E-state index in [4.69, 9.17) is 0 Å². The van der Waals surface area contributed by atoms with E-state index in [2.05, 4.69) is 25.5 Å². The number of rotatable bonds is 3. The highest BCUT2D eigenvalue weighted by Crippen LogP contribution is 2.38. The first-order valence-corrected chi connectivity index (χ1v) is 7.71. The molecule has 0 aliphatic carbocycles. The van der Waals surface area contributed by atoms with Crippen molar-refractivity contribution in [3.8, 4) is 11.3 Å². The van der Waals surface area contributed by atoms with E-state index < -0.39 is 11.7 Å². The van der Waals surface area contributed by atoms with Gasteiger partial charge in [-0.1, -0.05) is 36.4 Å². The molecule has 0 saturated carbocycles. The van der Waals surface area contributed by atoms with Crippen LogP contribution in [-0.2, 0) is 6.18 Å². The maximum absolute atomic E-state index is 13.4. The lowest BCUT2D eigenvalue weighted by atomic mass is 10.0. The third kappa shape index (κ3) is 2.97. The van der Waals surface area contributed by atoms with Crippen LogP contribution in [0, 0.1) is 0 Å². The third-order valence-electron chi connectivity index (χ3n) is 3.89. The summed E-state index contributed by atoms with van der Waals surface area (Å²) < 4.78 is 40.2. The number of nitrogens with zero attached hydrogens (tertiary/aromatic N) is 3. The van der Waals surface area contributed by atoms with Crippen molar-refractivity contribution < 1.29 is 13.2 Å². The highest BCUT2D eigenvalue weighted by atomic mass is 19.4. The number of aromatic nitrogens is 4. The number of para-hydroxylation sites is 1. The van der Waals surface area contributed by atoms with Gasteiger partial charge in [0.1, 0.15) is 6.33 Å². The summed E-state index contributed by atoms with van der Waals surface area (Å²) in [6.07, 6.45) is -3.13. The molecule has 0 bridgehead atoms. The Kier molecular flexibility index (Phi) is 3.80. The Morgan fingerprint density at radius 1 is 0.962 bits per heavy atom. The van der Waals surface area contributed by atoms with Gasteiger partial charge in [0.25, 0.3) is 0 Å². The predicted octanol–water partition coefficient (Wildman–Crippen LogP) is 4.78. The first-order valence-electron chi connectivity index (χ1n) is 7.71. The van der Waals surface area contributed by atoms with Gasteiger partial charge in [0, 0.05) is 10.9 Å². The Morgan fingerprint density at radius 3 is 2.50 bits per heavy atom. The lowest BCUT2D eigenvalue weighted by Gasteiger charge is -2.14. The molecule has 0 aliphatic heterocycles. The molecule has 0 atom stereocenters. The lowest BCUT2D eigenvalue weighted by molar-refractivity contribution is -0.137. The van der Waals surface area contributed by atoms with Gasteiger partial charge >= 0.3 is 6.18 Å². The van der Waals surface area contributed by atoms with Crippen LogP contribution < -0.4 is 5.32 Å². The number of nitrogens with one attached hydrogen (secondary N) is 2. The number of alkyl halides is 3. The number of H-pyrrole nitrogens is 1. The molecule has 0 saturated heterocycles. The molecule has 0 unspecified atom stereocenters. The Balaban J connectivity index is 1.92. The third-order valence-corrected chi connectivity index (χ3v) is 3.89. The number of benzene rings is 2. The zero-order valence-electron chi connectivity index (χ0n) is 13.2. The van der Waals surface area contributed by atoms with Crippen molar-refractivity contribution in [2.75, 3.05) is 5.32 Å². The second-order valence-electron chi connectivity index (χ2n) is 5.57. The molecule has 4 aromatic rings. The van der Waals surface area contributed by atoms with Crippen LogP contribution in [0.1, 0.15) is 5.56 Å². The Bertz CT molecular complexity index is 1060. The van der Waals surface area contributed by atoms with Crippen molar-refractivity contribution in [2.24, 2.45) is 0 Å². The summed E-state index contributed by atoms with van der Waals surface area (Å²) in [6, 6.07) is 14.2. The molecule has 0 spiro atoms. The molecule has 0 fully saturated rings. The summed E-state index contributed by atoms with van der Waals surface area (Å²) in [5.41, 5.74) is 0.668. The molecule has 26 heavy (non-hydrogen) atoms. The second kappa shape index (κ2) is 6.14. The minimum absolute atomic E-state index is 0.0198. The van der Waals surface area contributed by atoms with Crippen LogP contribution in [0.2, 0.25) is 0 Å². The lowest BCUT2D eigenvalue weighted by Crippen LogP contribution is -2.07. The van der Waals surface area contributed by atoms with Crippen LogP contribution >= 0.6 is 0 Å². The molecular weight excluding hydrogens is 343 g/mol. The van der Waals surface area contributed by atoms with Gasteiger partial charge in [0.15, 0.2) is 0 Å². The molecule has 0 aliphatic rings. The number of hydrogen-bond acceptors (Lipinski definition) is 4. The van der Waals surface area contributed by atoms with E-state index in [0.29, 0.717) is 17.2 Å². The monoisotopic (exact) mass is 355 g/mol. The second-order valence-corrected chi connectivity index (χ2v) is 5.57. The van der Waals surface area contributed by atoms with Gasteiger partial charge < -0.3 is 5.32 Å². The summed E-state index contributed by atoms with van der Waals surface area (Å²) in [5, 5.41) is 10.2. The number of aromatic amines is 1. The van der Waals surface area contributed by atoms with E-state index >= 15 is 0 Å². The highest BCUT2D eigenvalue weighted by molar-refractivity contribution is 5.95. The molecule has 130 valence electrons. The number of anilines is 2. The normalized spacial score (nSPS) is 11.7. The molecule has 4 rings (SSSR count). The van der Waals surface area contributed by atoms with Gasteiger partial charge in [-0.25, -0.2) is 10.1 Å². The summed E-state index contributed by atoms with van der Waals surface area (Å²) in [6.45, 7) is 0. The van der Waals surface area contributed by atoms with Crippen LogP contribution in [-0.4, -0.2) is 20.2 Å². The topological polar surface area (TPSA) is 66.5 Å². The fourth-order valence-corrected chi connectivity index (χ4v) is 2.76. The van der Waals surface area contributed by atoms with Crippen molar-refractivity contribution in [3.63, 3.8) is 0 Å². The maximum Gasteiger partial charge on any atom is 0.417 e. The number of hydrogen-bond donors (Lipinski definition) is 2. The first-order chi connectivity index (χ1) is 12.5. The molecule has 8 heteroatoms. The van der Waals surface area contributed by atoms with E-state index in [9.17, 15) is 13.2 Å². The summed E-state index contributed by atoms with van der Waals surface area (Å²) in [5.74, 6) is 0.386. The van der Waals surface area contributed by atoms with E-state index in [1.807, 2.05) is 12.1 Å². The largest absolute Gasteiger partial charge is 0.417 e. The minimum atomic E-state index is -4.47. The van der Waals surface area contributed by atoms with Crippen molar-refractivity contribution in [1.82, 2.24) is 20.2 Å². The molecule has 2 N–H and O–H groups in total. The summed E-state index contributed by atoms with van der Waals surface area (Å²) in [7, 11) is 0. The van der Waals surface area contributed by atoms with Crippen molar-refractivity contribution in [1.29, 1.82) is 0 Å². The number of halogens is 3. The molecule has 5 nitrogen and oxygen atoms in total. The average Bonchev–Trinajstić information content (AvgIpc) is 3.14. The van der Waals surface area contributed by atoms with Gasteiger partial charge in [-0.2, -0.15) is 23.3 Å². The van der Waals surface area contributed by atoms with Crippen LogP contribution in [0.5, 0.6) is 0 Å². The molecule has 0 radical (unpaired) electrons. The van der Waals surface area contributed by atoms with Crippen LogP contribution in [0.25, 0.3) is 22.2 Å². The maximum atomic E-state index is 13.4. The predicted molar refractivity (Wildman–Crippen MR) is 91.8 cm³/mol. The van der Waals surface area contributed by atoms with Crippen LogP contribution in [0.3, 0.4) is 0 Å². The van der Waals surface area contributed by atoms with Gasteiger partial charge in [0.2, 0.25) is 5.95 Å². The Labute approximate surface area is 145 Å². The van der Waals surface area contributed by atoms with E-state index in [1.54, 1.807) is 24.3 Å². The van der Waals surface area contributed by atoms with Gasteiger partial charge in [0.05, 0.1) is 22.5 Å². The molecular formula is C18H12F3N5. The summed E-state index contributed by atoms with van der Waals surface area (Å²) in [4.78, 5) is 8.42. The van der Waals surface area contributed by atoms with Crippen molar-refractivity contribution in [2.45, 2.75) is 6.18 Å². The Hall–Kier alpha value is -3.42. The first kappa shape index (κ1) is 16.1. The fraction of sp³-hybridized carbons (Fsp3) is 0.0556. The summed E-state index contributed by atoms with van der Waals surface area (Å²) >= 11 is 0. The molecule has 2 aromatic heterocycles. The standard InChI is InChI=1S/C18H12F3N5/c19-18(20,21)13-7-3-1-5-11(13)15-9-16(25-17-22-10-23-26-17)12-6-2-4-8-14(12)24-15/h1-10H,(H2,22,23,24,25,26). The zero-order valence-corrected chi connectivity index (χ0v) is 13.2. The van der Waals surface area contributed by atoms with E-state index in [0.717, 1.165) is 11.5 Å². The molecule has 2 aromatic carbocycles. The highest BCUT2D eigenvalue weighted by Gasteiger charge is 2.33. The SMILES string of the molecule is FC(F)(F)c1ccccc1-c1cc(Nc2ncn[nH]2)c2ccccc2n1. The number of pyridine rings is 1. The zero-order chi connectivity index (χ0) is 18.1. The number of fused-ring (bicyclic) bond motifs is 1. The fourth-order valence-electron chi connectivity index (χ4n) is 2.76. The van der Waals surface area contributed by atoms with Crippen molar-refractivity contribution in [3.05, 3.63) is 66.5 Å². The van der Waals surface area contributed by atoms with E-state index in [1.165, 1.54) is 18.5 Å². The average molecular weight is 355 g/mol. The Morgan fingerprint density at radius 2 is 1.73 bits per heavy atom. The smallest absolute Gasteiger partial charge is 0.324 e. The van der Waals surface area contributed by atoms with Crippen LogP contribution in [0.15, 0.2) is 60.9 Å². The molecule has 2 heterocycles. The van der Waals surface area contributed by atoms with Gasteiger partial charge in [-0.05, 0) is 18.2 Å². The quantitative estimate of drug-likeness (QED) is 0.555.